The number of carboxylic acids is 1. The molecule has 1 aromatic rings. The topological polar surface area (TPSA) is 78.4 Å². The molecule has 0 aliphatic heterocycles. The van der Waals surface area contributed by atoms with E-state index in [0.717, 1.165) is 12.0 Å². The van der Waals surface area contributed by atoms with E-state index in [2.05, 4.69) is 10.6 Å². The number of benzene rings is 1. The molecule has 20 heavy (non-hydrogen) atoms. The third-order valence-electron chi connectivity index (χ3n) is 3.22. The van der Waals surface area contributed by atoms with Gasteiger partial charge in [-0.15, -0.1) is 0 Å². The van der Waals surface area contributed by atoms with Crippen molar-refractivity contribution in [1.82, 2.24) is 10.6 Å². The zero-order valence-corrected chi connectivity index (χ0v) is 12.1. The predicted octanol–water partition coefficient (Wildman–Crippen LogP) is 2.17. The lowest BCUT2D eigenvalue weighted by molar-refractivity contribution is -0.139. The predicted molar refractivity (Wildman–Crippen MR) is 77.6 cm³/mol. The first-order valence-electron chi connectivity index (χ1n) is 6.69. The summed E-state index contributed by atoms with van der Waals surface area (Å²) in [7, 11) is 0. The molecule has 1 unspecified atom stereocenters. The lowest BCUT2D eigenvalue weighted by atomic mass is 10.0. The number of hydrogen-bond donors (Lipinski definition) is 3. The molecule has 1 rings (SSSR count). The van der Waals surface area contributed by atoms with Gasteiger partial charge < -0.3 is 15.7 Å². The van der Waals surface area contributed by atoms with Crippen molar-refractivity contribution >= 4 is 12.0 Å². The van der Waals surface area contributed by atoms with Crippen molar-refractivity contribution in [2.45, 2.75) is 45.2 Å². The van der Waals surface area contributed by atoms with E-state index in [1.807, 2.05) is 51.1 Å². The summed E-state index contributed by atoms with van der Waals surface area (Å²) in [4.78, 5) is 23.1. The molecule has 2 amide bonds. The largest absolute Gasteiger partial charge is 0.480 e. The zero-order chi connectivity index (χ0) is 15.2. The Balaban J connectivity index is 2.64. The average molecular weight is 278 g/mol. The molecular formula is C15H22N2O3. The molecule has 1 atom stereocenters. The molecule has 0 bridgehead atoms. The van der Waals surface area contributed by atoms with Crippen molar-refractivity contribution in [2.24, 2.45) is 0 Å². The molecule has 1 aromatic carbocycles. The summed E-state index contributed by atoms with van der Waals surface area (Å²) in [5.41, 5.74) is 0.509. The lowest BCUT2D eigenvalue weighted by Crippen LogP contribution is -2.53. The van der Waals surface area contributed by atoms with E-state index < -0.39 is 18.0 Å². The Labute approximate surface area is 119 Å². The summed E-state index contributed by atoms with van der Waals surface area (Å²) in [6.07, 6.45) is 1.02. The standard InChI is InChI=1S/C15H22N2O3/c1-4-15(2,3)17-14(20)16-12(13(18)19)10-11-8-6-5-7-9-11/h5-9,12H,4,10H2,1-3H3,(H,18,19)(H2,16,17,20). The van der Waals surface area contributed by atoms with Crippen LogP contribution in [0.1, 0.15) is 32.8 Å². The van der Waals surface area contributed by atoms with Gasteiger partial charge in [0, 0.05) is 12.0 Å². The molecule has 0 fully saturated rings. The summed E-state index contributed by atoms with van der Waals surface area (Å²) in [6.45, 7) is 5.73. The van der Waals surface area contributed by atoms with Crippen molar-refractivity contribution in [3.63, 3.8) is 0 Å². The molecule has 0 saturated carbocycles. The summed E-state index contributed by atoms with van der Waals surface area (Å²) in [6, 6.07) is 7.83. The molecule has 0 radical (unpaired) electrons. The third kappa shape index (κ3) is 5.30. The van der Waals surface area contributed by atoms with Crippen molar-refractivity contribution in [3.8, 4) is 0 Å². The Morgan fingerprint density at radius 2 is 1.85 bits per heavy atom. The van der Waals surface area contributed by atoms with Gasteiger partial charge in [0.1, 0.15) is 6.04 Å². The maximum Gasteiger partial charge on any atom is 0.326 e. The molecule has 0 aliphatic carbocycles. The summed E-state index contributed by atoms with van der Waals surface area (Å²) >= 11 is 0. The SMILES string of the molecule is CCC(C)(C)NC(=O)NC(Cc1ccccc1)C(=O)O. The Bertz CT molecular complexity index is 457. The van der Waals surface area contributed by atoms with E-state index in [1.54, 1.807) is 0 Å². The van der Waals surface area contributed by atoms with Crippen LogP contribution < -0.4 is 10.6 Å². The van der Waals surface area contributed by atoms with Crippen LogP contribution >= 0.6 is 0 Å². The fraction of sp³-hybridized carbons (Fsp3) is 0.467. The second-order valence-corrected chi connectivity index (χ2v) is 5.42. The highest BCUT2D eigenvalue weighted by Crippen LogP contribution is 2.07. The molecule has 0 saturated heterocycles. The monoisotopic (exact) mass is 278 g/mol. The van der Waals surface area contributed by atoms with Gasteiger partial charge in [-0.25, -0.2) is 9.59 Å². The van der Waals surface area contributed by atoms with Gasteiger partial charge >= 0.3 is 12.0 Å². The van der Waals surface area contributed by atoms with Crippen LogP contribution in [0.3, 0.4) is 0 Å². The molecule has 3 N–H and O–H groups in total. The van der Waals surface area contributed by atoms with Crippen LogP contribution in [0.4, 0.5) is 4.79 Å². The van der Waals surface area contributed by atoms with Crippen molar-refractivity contribution < 1.29 is 14.7 Å². The molecule has 0 heterocycles. The van der Waals surface area contributed by atoms with Crippen molar-refractivity contribution in [3.05, 3.63) is 35.9 Å². The summed E-state index contributed by atoms with van der Waals surface area (Å²) in [5, 5.41) is 14.5. The van der Waals surface area contributed by atoms with E-state index >= 15 is 0 Å². The van der Waals surface area contributed by atoms with Gasteiger partial charge in [0.2, 0.25) is 0 Å². The molecular weight excluding hydrogens is 256 g/mol. The van der Waals surface area contributed by atoms with E-state index in [9.17, 15) is 14.7 Å². The first-order valence-corrected chi connectivity index (χ1v) is 6.69. The summed E-state index contributed by atoms with van der Waals surface area (Å²) in [5.74, 6) is -1.04. The fourth-order valence-corrected chi connectivity index (χ4v) is 1.64. The Kier molecular flexibility index (Phi) is 5.55. The highest BCUT2D eigenvalue weighted by atomic mass is 16.4. The highest BCUT2D eigenvalue weighted by Gasteiger charge is 2.23. The first-order chi connectivity index (χ1) is 9.34. The van der Waals surface area contributed by atoms with Gasteiger partial charge in [-0.05, 0) is 25.8 Å². The van der Waals surface area contributed by atoms with E-state index in [4.69, 9.17) is 0 Å². The van der Waals surface area contributed by atoms with Gasteiger partial charge in [0.25, 0.3) is 0 Å². The average Bonchev–Trinajstić information content (AvgIpc) is 2.38. The Morgan fingerprint density at radius 1 is 1.25 bits per heavy atom. The Morgan fingerprint density at radius 3 is 2.35 bits per heavy atom. The van der Waals surface area contributed by atoms with Crippen LogP contribution in [-0.4, -0.2) is 28.7 Å². The quantitative estimate of drug-likeness (QED) is 0.746. The van der Waals surface area contributed by atoms with Crippen molar-refractivity contribution in [2.75, 3.05) is 0 Å². The minimum atomic E-state index is -1.04. The number of aliphatic carboxylic acids is 1. The maximum atomic E-state index is 11.8. The van der Waals surface area contributed by atoms with Gasteiger partial charge in [-0.2, -0.15) is 0 Å². The van der Waals surface area contributed by atoms with Crippen LogP contribution in [-0.2, 0) is 11.2 Å². The highest BCUT2D eigenvalue weighted by molar-refractivity contribution is 5.83. The summed E-state index contributed by atoms with van der Waals surface area (Å²) < 4.78 is 0. The zero-order valence-electron chi connectivity index (χ0n) is 12.1. The van der Waals surface area contributed by atoms with E-state index in [1.165, 1.54) is 0 Å². The molecule has 5 heteroatoms. The lowest BCUT2D eigenvalue weighted by Gasteiger charge is -2.26. The number of urea groups is 1. The third-order valence-corrected chi connectivity index (χ3v) is 3.22. The minimum absolute atomic E-state index is 0.260. The number of amides is 2. The maximum absolute atomic E-state index is 11.8. The van der Waals surface area contributed by atoms with Gasteiger partial charge in [-0.3, -0.25) is 0 Å². The molecule has 5 nitrogen and oxygen atoms in total. The minimum Gasteiger partial charge on any atom is -0.480 e. The second-order valence-electron chi connectivity index (χ2n) is 5.42. The van der Waals surface area contributed by atoms with E-state index in [0.29, 0.717) is 0 Å². The first kappa shape index (κ1) is 16.0. The Hall–Kier alpha value is -2.04. The van der Waals surface area contributed by atoms with Gasteiger partial charge in [0.05, 0.1) is 0 Å². The normalized spacial score (nSPS) is 12.6. The van der Waals surface area contributed by atoms with Crippen molar-refractivity contribution in [1.29, 1.82) is 0 Å². The van der Waals surface area contributed by atoms with Crippen LogP contribution in [0.15, 0.2) is 30.3 Å². The second kappa shape index (κ2) is 6.93. The van der Waals surface area contributed by atoms with E-state index in [-0.39, 0.29) is 12.0 Å². The number of nitrogens with one attached hydrogen (secondary N) is 2. The number of carboxylic acid groups (broad SMARTS) is 1. The van der Waals surface area contributed by atoms with Crippen LogP contribution in [0.25, 0.3) is 0 Å². The smallest absolute Gasteiger partial charge is 0.326 e. The molecule has 0 spiro atoms. The molecule has 0 aromatic heterocycles. The molecule has 0 aliphatic rings. The van der Waals surface area contributed by atoms with Gasteiger partial charge in [-0.1, -0.05) is 37.3 Å². The number of carbonyl (C=O) groups is 2. The van der Waals surface area contributed by atoms with Crippen LogP contribution in [0.2, 0.25) is 0 Å². The van der Waals surface area contributed by atoms with Gasteiger partial charge in [0.15, 0.2) is 0 Å². The number of rotatable bonds is 6. The number of carbonyl (C=O) groups excluding carboxylic acids is 1. The van der Waals surface area contributed by atoms with Crippen LogP contribution in [0, 0.1) is 0 Å². The number of hydrogen-bond acceptors (Lipinski definition) is 2. The molecule has 110 valence electrons. The van der Waals surface area contributed by atoms with Crippen LogP contribution in [0.5, 0.6) is 0 Å². The fourth-order valence-electron chi connectivity index (χ4n) is 1.64.